The SMILES string of the molecule is CC1N=C(c2ccccc2)SC(C)N1C(=S)c1ccccc1. The normalized spacial score (nSPS) is 21.4. The van der Waals surface area contributed by atoms with Gasteiger partial charge >= 0.3 is 0 Å². The number of benzene rings is 2. The molecule has 2 aromatic rings. The van der Waals surface area contributed by atoms with Crippen molar-refractivity contribution in [3.8, 4) is 0 Å². The molecule has 0 radical (unpaired) electrons. The Morgan fingerprint density at radius 2 is 1.59 bits per heavy atom. The molecule has 2 nitrogen and oxygen atoms in total. The van der Waals surface area contributed by atoms with Crippen molar-refractivity contribution in [2.75, 3.05) is 0 Å². The van der Waals surface area contributed by atoms with Crippen LogP contribution in [-0.4, -0.2) is 26.5 Å². The monoisotopic (exact) mass is 326 g/mol. The molecule has 22 heavy (non-hydrogen) atoms. The Morgan fingerprint density at radius 3 is 2.18 bits per heavy atom. The lowest BCUT2D eigenvalue weighted by Gasteiger charge is -2.38. The first-order valence-corrected chi connectivity index (χ1v) is 8.63. The number of hydrogen-bond acceptors (Lipinski definition) is 3. The van der Waals surface area contributed by atoms with E-state index in [9.17, 15) is 0 Å². The van der Waals surface area contributed by atoms with Gasteiger partial charge in [0.2, 0.25) is 0 Å². The Balaban J connectivity index is 1.87. The summed E-state index contributed by atoms with van der Waals surface area (Å²) in [6.45, 7) is 4.29. The lowest BCUT2D eigenvalue weighted by Crippen LogP contribution is -2.45. The van der Waals surface area contributed by atoms with Gasteiger partial charge in [-0.2, -0.15) is 0 Å². The molecule has 0 fully saturated rings. The molecular formula is C18H18N2S2. The Hall–Kier alpha value is -1.65. The average Bonchev–Trinajstić information content (AvgIpc) is 2.55. The third kappa shape index (κ3) is 3.08. The van der Waals surface area contributed by atoms with Crippen LogP contribution < -0.4 is 0 Å². The van der Waals surface area contributed by atoms with Gasteiger partial charge in [-0.1, -0.05) is 84.6 Å². The van der Waals surface area contributed by atoms with E-state index in [2.05, 4.69) is 55.1 Å². The van der Waals surface area contributed by atoms with Crippen molar-refractivity contribution in [3.63, 3.8) is 0 Å². The zero-order valence-electron chi connectivity index (χ0n) is 12.6. The first-order valence-electron chi connectivity index (χ1n) is 7.34. The summed E-state index contributed by atoms with van der Waals surface area (Å²) in [7, 11) is 0. The maximum atomic E-state index is 5.69. The molecule has 0 aliphatic carbocycles. The Morgan fingerprint density at radius 1 is 1.00 bits per heavy atom. The summed E-state index contributed by atoms with van der Waals surface area (Å²) in [4.78, 5) is 7.92. The van der Waals surface area contributed by atoms with Crippen LogP contribution in [0.5, 0.6) is 0 Å². The molecule has 2 aromatic carbocycles. The van der Waals surface area contributed by atoms with Crippen molar-refractivity contribution in [1.29, 1.82) is 0 Å². The predicted octanol–water partition coefficient (Wildman–Crippen LogP) is 4.55. The quantitative estimate of drug-likeness (QED) is 0.753. The first-order chi connectivity index (χ1) is 10.7. The van der Waals surface area contributed by atoms with Gasteiger partial charge in [-0.25, -0.2) is 0 Å². The number of aliphatic imine (C=N–C) groups is 1. The zero-order chi connectivity index (χ0) is 15.5. The second-order valence-corrected chi connectivity index (χ2v) is 6.92. The lowest BCUT2D eigenvalue weighted by atomic mass is 10.2. The third-order valence-electron chi connectivity index (χ3n) is 3.66. The zero-order valence-corrected chi connectivity index (χ0v) is 14.3. The number of thiocarbonyl (C=S) groups is 1. The van der Waals surface area contributed by atoms with Gasteiger partial charge in [-0.15, -0.1) is 0 Å². The topological polar surface area (TPSA) is 15.6 Å². The van der Waals surface area contributed by atoms with E-state index in [4.69, 9.17) is 17.2 Å². The van der Waals surface area contributed by atoms with Crippen LogP contribution in [0.2, 0.25) is 0 Å². The van der Waals surface area contributed by atoms with Crippen LogP contribution in [0.15, 0.2) is 65.7 Å². The molecule has 112 valence electrons. The highest BCUT2D eigenvalue weighted by atomic mass is 32.2. The van der Waals surface area contributed by atoms with E-state index in [0.717, 1.165) is 15.6 Å². The highest BCUT2D eigenvalue weighted by Crippen LogP contribution is 2.30. The van der Waals surface area contributed by atoms with Crippen molar-refractivity contribution in [3.05, 3.63) is 71.8 Å². The lowest BCUT2D eigenvalue weighted by molar-refractivity contribution is 0.336. The highest BCUT2D eigenvalue weighted by Gasteiger charge is 2.29. The molecule has 0 saturated carbocycles. The summed E-state index contributed by atoms with van der Waals surface area (Å²) >= 11 is 7.46. The average molecular weight is 326 g/mol. The third-order valence-corrected chi connectivity index (χ3v) is 5.24. The van der Waals surface area contributed by atoms with Gasteiger partial charge < -0.3 is 4.90 Å². The van der Waals surface area contributed by atoms with E-state index in [1.54, 1.807) is 11.8 Å². The van der Waals surface area contributed by atoms with Crippen LogP contribution in [0.4, 0.5) is 0 Å². The van der Waals surface area contributed by atoms with Crippen LogP contribution in [0.25, 0.3) is 0 Å². The van der Waals surface area contributed by atoms with Crippen LogP contribution in [-0.2, 0) is 0 Å². The van der Waals surface area contributed by atoms with Crippen LogP contribution in [0.1, 0.15) is 25.0 Å². The largest absolute Gasteiger partial charge is 0.328 e. The van der Waals surface area contributed by atoms with Crippen molar-refractivity contribution in [2.24, 2.45) is 4.99 Å². The van der Waals surface area contributed by atoms with E-state index in [-0.39, 0.29) is 11.5 Å². The molecule has 0 bridgehead atoms. The van der Waals surface area contributed by atoms with Crippen LogP contribution in [0.3, 0.4) is 0 Å². The molecule has 4 heteroatoms. The molecule has 0 aromatic heterocycles. The van der Waals surface area contributed by atoms with Crippen molar-refractivity contribution >= 4 is 34.0 Å². The molecule has 3 rings (SSSR count). The second-order valence-electron chi connectivity index (χ2n) is 5.23. The maximum Gasteiger partial charge on any atom is 0.121 e. The number of rotatable bonds is 2. The first kappa shape index (κ1) is 15.3. The van der Waals surface area contributed by atoms with E-state index in [1.807, 2.05) is 24.3 Å². The molecule has 0 saturated heterocycles. The smallest absolute Gasteiger partial charge is 0.121 e. The van der Waals surface area contributed by atoms with Crippen molar-refractivity contribution < 1.29 is 0 Å². The molecule has 0 amide bonds. The summed E-state index contributed by atoms with van der Waals surface area (Å²) in [5.41, 5.74) is 2.26. The highest BCUT2D eigenvalue weighted by molar-refractivity contribution is 8.15. The fourth-order valence-corrected chi connectivity index (χ4v) is 4.29. The molecule has 1 aliphatic heterocycles. The van der Waals surface area contributed by atoms with Crippen molar-refractivity contribution in [1.82, 2.24) is 4.90 Å². The number of nitrogens with zero attached hydrogens (tertiary/aromatic N) is 2. The van der Waals surface area contributed by atoms with E-state index in [0.29, 0.717) is 0 Å². The summed E-state index contributed by atoms with van der Waals surface area (Å²) in [6.07, 6.45) is 0.0409. The van der Waals surface area contributed by atoms with Gasteiger partial charge in [0.15, 0.2) is 0 Å². The van der Waals surface area contributed by atoms with Gasteiger partial charge in [-0.3, -0.25) is 4.99 Å². The standard InChI is InChI=1S/C18H18N2S2/c1-13-19-17(15-9-5-3-6-10-15)22-14(2)20(13)18(21)16-11-7-4-8-12-16/h3-14H,1-2H3. The minimum Gasteiger partial charge on any atom is -0.328 e. The fraction of sp³-hybridized carbons (Fsp3) is 0.222. The van der Waals surface area contributed by atoms with E-state index >= 15 is 0 Å². The van der Waals surface area contributed by atoms with Gasteiger partial charge in [0, 0.05) is 11.1 Å². The summed E-state index contributed by atoms with van der Waals surface area (Å²) < 4.78 is 0. The van der Waals surface area contributed by atoms with Crippen LogP contribution >= 0.6 is 24.0 Å². The predicted molar refractivity (Wildman–Crippen MR) is 99.5 cm³/mol. The minimum absolute atomic E-state index is 0.0409. The van der Waals surface area contributed by atoms with Gasteiger partial charge in [-0.05, 0) is 13.8 Å². The Kier molecular flexibility index (Phi) is 4.60. The fourth-order valence-electron chi connectivity index (χ4n) is 2.57. The molecule has 2 unspecified atom stereocenters. The molecule has 1 aliphatic rings. The summed E-state index contributed by atoms with van der Waals surface area (Å²) in [5, 5.41) is 1.35. The minimum atomic E-state index is 0.0409. The molecule has 0 N–H and O–H groups in total. The second kappa shape index (κ2) is 6.63. The van der Waals surface area contributed by atoms with Gasteiger partial charge in [0.1, 0.15) is 16.2 Å². The maximum absolute atomic E-state index is 5.69. The molecule has 0 spiro atoms. The van der Waals surface area contributed by atoms with Gasteiger partial charge in [0.25, 0.3) is 0 Å². The molecule has 1 heterocycles. The van der Waals surface area contributed by atoms with Crippen molar-refractivity contribution in [2.45, 2.75) is 25.4 Å². The Bertz CT molecular complexity index is 683. The number of hydrogen-bond donors (Lipinski definition) is 0. The van der Waals surface area contributed by atoms with E-state index in [1.165, 1.54) is 5.56 Å². The summed E-state index contributed by atoms with van der Waals surface area (Å²) in [5.74, 6) is 0. The van der Waals surface area contributed by atoms with Gasteiger partial charge in [0.05, 0.1) is 5.37 Å². The molecule has 2 atom stereocenters. The summed E-state index contributed by atoms with van der Waals surface area (Å²) in [6, 6.07) is 20.5. The Labute approximate surface area is 141 Å². The van der Waals surface area contributed by atoms with Crippen LogP contribution in [0, 0.1) is 0 Å². The number of thioether (sulfide) groups is 1. The molecular weight excluding hydrogens is 308 g/mol. The van der Waals surface area contributed by atoms with E-state index < -0.39 is 0 Å².